The van der Waals surface area contributed by atoms with Gasteiger partial charge < -0.3 is 0 Å². The molecule has 0 fully saturated rings. The minimum absolute atomic E-state index is 0.0711. The lowest BCUT2D eigenvalue weighted by Crippen LogP contribution is -2.01. The van der Waals surface area contributed by atoms with Crippen molar-refractivity contribution in [3.63, 3.8) is 0 Å². The van der Waals surface area contributed by atoms with Crippen molar-refractivity contribution in [2.45, 2.75) is 6.42 Å². The van der Waals surface area contributed by atoms with Crippen LogP contribution in [0.2, 0.25) is 10.0 Å². The molecule has 0 heterocycles. The van der Waals surface area contributed by atoms with Gasteiger partial charge >= 0.3 is 0 Å². The van der Waals surface area contributed by atoms with Crippen molar-refractivity contribution in [1.82, 2.24) is 0 Å². The van der Waals surface area contributed by atoms with E-state index in [-0.39, 0.29) is 17.9 Å². The minimum Gasteiger partial charge on any atom is -0.294 e. The van der Waals surface area contributed by atoms with Crippen LogP contribution < -0.4 is 0 Å². The number of Topliss-reactive ketones (excluding diaryl/α,β-unsaturated/α-hetero) is 1. The second-order valence-electron chi connectivity index (χ2n) is 8.35. The largest absolute Gasteiger partial charge is 0.294 e. The standard InChI is InChI=1S/C31H20Cl2N2O3/c32-26-12-6-22(7-13-26)29(30(20-34)23-10-16-28(17-11-23)35(37)38)18-25(21-4-2-1-3-5-21)19-31(36)24-8-14-27(33)15-9-24/h1-18H,19H2/b25-18-,30-29+. The molecule has 0 aliphatic heterocycles. The molecule has 4 aromatic rings. The lowest BCUT2D eigenvalue weighted by Gasteiger charge is -2.13. The van der Waals surface area contributed by atoms with Crippen LogP contribution >= 0.6 is 23.2 Å². The number of carbonyl (C=O) groups excluding carboxylic acids is 1. The number of hydrogen-bond acceptors (Lipinski definition) is 4. The highest BCUT2D eigenvalue weighted by Crippen LogP contribution is 2.33. The monoisotopic (exact) mass is 538 g/mol. The average Bonchev–Trinajstić information content (AvgIpc) is 2.94. The number of benzene rings is 4. The number of halogens is 2. The Hall–Kier alpha value is -4.50. The van der Waals surface area contributed by atoms with Crippen molar-refractivity contribution in [3.8, 4) is 6.07 Å². The number of ketones is 1. The Balaban J connectivity index is 1.91. The number of allylic oxidation sites excluding steroid dienone is 4. The van der Waals surface area contributed by atoms with Crippen molar-refractivity contribution in [3.05, 3.63) is 152 Å². The first kappa shape index (κ1) is 26.6. The lowest BCUT2D eigenvalue weighted by atomic mass is 9.90. The van der Waals surface area contributed by atoms with Gasteiger partial charge in [-0.25, -0.2) is 0 Å². The van der Waals surface area contributed by atoms with Crippen LogP contribution in [0, 0.1) is 21.4 Å². The zero-order chi connectivity index (χ0) is 27.1. The van der Waals surface area contributed by atoms with Gasteiger partial charge in [0.1, 0.15) is 6.07 Å². The molecule has 4 rings (SSSR count). The number of hydrogen-bond donors (Lipinski definition) is 0. The Labute approximate surface area is 230 Å². The zero-order valence-corrected chi connectivity index (χ0v) is 21.5. The summed E-state index contributed by atoms with van der Waals surface area (Å²) in [5.41, 5.74) is 4.03. The molecule has 0 saturated carbocycles. The Kier molecular flexibility index (Phi) is 8.50. The molecule has 7 heteroatoms. The summed E-state index contributed by atoms with van der Waals surface area (Å²) in [5, 5.41) is 22.5. The molecule has 0 N–H and O–H groups in total. The molecule has 0 aliphatic carbocycles. The summed E-state index contributed by atoms with van der Waals surface area (Å²) in [6.07, 6.45) is 1.90. The van der Waals surface area contributed by atoms with Crippen molar-refractivity contribution in [2.24, 2.45) is 0 Å². The summed E-state index contributed by atoms with van der Waals surface area (Å²) < 4.78 is 0. The quantitative estimate of drug-likeness (QED) is 0.0560. The van der Waals surface area contributed by atoms with E-state index >= 15 is 0 Å². The maximum atomic E-state index is 13.3. The first-order valence-electron chi connectivity index (χ1n) is 11.6. The van der Waals surface area contributed by atoms with Gasteiger partial charge in [0.05, 0.1) is 10.5 Å². The molecule has 0 saturated heterocycles. The highest BCUT2D eigenvalue weighted by Gasteiger charge is 2.16. The van der Waals surface area contributed by atoms with Crippen molar-refractivity contribution in [2.75, 3.05) is 0 Å². The first-order chi connectivity index (χ1) is 18.4. The van der Waals surface area contributed by atoms with Gasteiger partial charge in [0.15, 0.2) is 5.78 Å². The molecular weight excluding hydrogens is 519 g/mol. The summed E-state index contributed by atoms with van der Waals surface area (Å²) in [7, 11) is 0. The number of nitriles is 1. The predicted octanol–water partition coefficient (Wildman–Crippen LogP) is 8.69. The van der Waals surface area contributed by atoms with Crippen LogP contribution in [-0.2, 0) is 0 Å². The van der Waals surface area contributed by atoms with Crippen LogP contribution in [0.5, 0.6) is 0 Å². The minimum atomic E-state index is -0.491. The van der Waals surface area contributed by atoms with Gasteiger partial charge in [-0.05, 0) is 76.9 Å². The fourth-order valence-corrected chi connectivity index (χ4v) is 4.19. The Morgan fingerprint density at radius 2 is 1.29 bits per heavy atom. The van der Waals surface area contributed by atoms with E-state index < -0.39 is 4.92 Å². The van der Waals surface area contributed by atoms with Gasteiger partial charge in [-0.2, -0.15) is 5.26 Å². The molecule has 186 valence electrons. The SMILES string of the molecule is N#C/C(=C(/C=C(/CC(=O)c1ccc(Cl)cc1)c1ccccc1)c1ccc(Cl)cc1)c1ccc([N+](=O)[O-])cc1. The molecule has 5 nitrogen and oxygen atoms in total. The molecule has 0 spiro atoms. The van der Waals surface area contributed by atoms with Crippen LogP contribution in [0.25, 0.3) is 16.7 Å². The molecule has 0 unspecified atom stereocenters. The van der Waals surface area contributed by atoms with Gasteiger partial charge in [-0.3, -0.25) is 14.9 Å². The molecule has 0 aliphatic rings. The third-order valence-electron chi connectivity index (χ3n) is 5.88. The van der Waals surface area contributed by atoms with Crippen LogP contribution in [0.4, 0.5) is 5.69 Å². The summed E-state index contributed by atoms with van der Waals surface area (Å²) in [5.74, 6) is -0.110. The zero-order valence-electron chi connectivity index (χ0n) is 20.0. The predicted molar refractivity (Wildman–Crippen MR) is 152 cm³/mol. The summed E-state index contributed by atoms with van der Waals surface area (Å²) in [6.45, 7) is 0. The van der Waals surface area contributed by atoms with E-state index in [1.165, 1.54) is 12.1 Å². The first-order valence-corrected chi connectivity index (χ1v) is 12.3. The molecule has 0 aromatic heterocycles. The van der Waals surface area contributed by atoms with Gasteiger partial charge in [0.25, 0.3) is 5.69 Å². The smallest absolute Gasteiger partial charge is 0.269 e. The summed E-state index contributed by atoms with van der Waals surface area (Å²) in [6, 6.07) is 31.2. The molecule has 38 heavy (non-hydrogen) atoms. The van der Waals surface area contributed by atoms with Crippen molar-refractivity contribution in [1.29, 1.82) is 5.26 Å². The fourth-order valence-electron chi connectivity index (χ4n) is 3.93. The molecule has 0 radical (unpaired) electrons. The average molecular weight is 539 g/mol. The third kappa shape index (κ3) is 6.43. The van der Waals surface area contributed by atoms with Crippen molar-refractivity contribution >= 4 is 51.4 Å². The van der Waals surface area contributed by atoms with Crippen LogP contribution in [-0.4, -0.2) is 10.7 Å². The molecular formula is C31H20Cl2N2O3. The Morgan fingerprint density at radius 3 is 1.82 bits per heavy atom. The maximum Gasteiger partial charge on any atom is 0.269 e. The number of rotatable bonds is 8. The Bertz CT molecular complexity index is 1570. The molecule has 0 amide bonds. The topological polar surface area (TPSA) is 84.0 Å². The van der Waals surface area contributed by atoms with Gasteiger partial charge in [0.2, 0.25) is 0 Å². The van der Waals surface area contributed by atoms with E-state index in [1.807, 2.05) is 36.4 Å². The summed E-state index contributed by atoms with van der Waals surface area (Å²) >= 11 is 12.1. The van der Waals surface area contributed by atoms with Gasteiger partial charge in [-0.15, -0.1) is 0 Å². The third-order valence-corrected chi connectivity index (χ3v) is 6.39. The van der Waals surface area contributed by atoms with E-state index in [2.05, 4.69) is 6.07 Å². The molecule has 4 aromatic carbocycles. The van der Waals surface area contributed by atoms with Crippen LogP contribution in [0.15, 0.2) is 109 Å². The number of nitro groups is 1. The van der Waals surface area contributed by atoms with E-state index in [0.717, 1.165) is 5.56 Å². The van der Waals surface area contributed by atoms with E-state index in [4.69, 9.17) is 23.2 Å². The van der Waals surface area contributed by atoms with Gasteiger partial charge in [-0.1, -0.05) is 65.7 Å². The fraction of sp³-hybridized carbons (Fsp3) is 0.0323. The number of nitro benzene ring substituents is 1. The van der Waals surface area contributed by atoms with E-state index in [9.17, 15) is 20.2 Å². The number of nitrogens with zero attached hydrogens (tertiary/aromatic N) is 2. The Morgan fingerprint density at radius 1 is 0.763 bits per heavy atom. The highest BCUT2D eigenvalue weighted by molar-refractivity contribution is 6.31. The second-order valence-corrected chi connectivity index (χ2v) is 9.23. The van der Waals surface area contributed by atoms with Crippen LogP contribution in [0.1, 0.15) is 33.5 Å². The number of carbonyl (C=O) groups is 1. The summed E-state index contributed by atoms with van der Waals surface area (Å²) in [4.78, 5) is 23.9. The van der Waals surface area contributed by atoms with E-state index in [1.54, 1.807) is 60.7 Å². The van der Waals surface area contributed by atoms with Crippen molar-refractivity contribution < 1.29 is 9.72 Å². The molecule has 0 bridgehead atoms. The van der Waals surface area contributed by atoms with Crippen LogP contribution in [0.3, 0.4) is 0 Å². The molecule has 0 atom stereocenters. The normalized spacial score (nSPS) is 11.9. The maximum absolute atomic E-state index is 13.3. The number of non-ortho nitro benzene ring substituents is 1. The highest BCUT2D eigenvalue weighted by atomic mass is 35.5. The van der Waals surface area contributed by atoms with Gasteiger partial charge in [0, 0.05) is 39.7 Å². The van der Waals surface area contributed by atoms with E-state index in [0.29, 0.717) is 43.5 Å². The lowest BCUT2D eigenvalue weighted by molar-refractivity contribution is -0.384. The second kappa shape index (κ2) is 12.2.